The maximum atomic E-state index is 11.5. The van der Waals surface area contributed by atoms with Gasteiger partial charge in [-0.2, -0.15) is 9.97 Å². The highest BCUT2D eigenvalue weighted by atomic mass is 35.5. The molecule has 0 aliphatic carbocycles. The Morgan fingerprint density at radius 1 is 1.30 bits per heavy atom. The Morgan fingerprint density at radius 3 is 3.00 bits per heavy atom. The molecular formula is C27H31ClN6O2S. The molecule has 0 unspecified atom stereocenters. The highest BCUT2D eigenvalue weighted by Gasteiger charge is 2.23. The van der Waals surface area contributed by atoms with Crippen molar-refractivity contribution < 1.29 is 9.53 Å². The average molecular weight is 539 g/mol. The molecule has 1 fully saturated rings. The van der Waals surface area contributed by atoms with Crippen molar-refractivity contribution in [1.29, 1.82) is 0 Å². The quantitative estimate of drug-likeness (QED) is 0.302. The lowest BCUT2D eigenvalue weighted by Crippen LogP contribution is -2.31. The van der Waals surface area contributed by atoms with Gasteiger partial charge in [0.1, 0.15) is 12.4 Å². The third-order valence-electron chi connectivity index (χ3n) is 6.79. The summed E-state index contributed by atoms with van der Waals surface area (Å²) in [5.74, 6) is 1.43. The number of carbonyl (C=O) groups excluding carboxylic acids is 1. The molecule has 0 bridgehead atoms. The normalized spacial score (nSPS) is 17.4. The summed E-state index contributed by atoms with van der Waals surface area (Å²) in [6, 6.07) is 8.81. The number of fused-ring (bicyclic) bond motifs is 2. The van der Waals surface area contributed by atoms with Gasteiger partial charge in [0, 0.05) is 29.6 Å². The van der Waals surface area contributed by atoms with Gasteiger partial charge in [0.25, 0.3) is 0 Å². The Bertz CT molecular complexity index is 1320. The van der Waals surface area contributed by atoms with Crippen LogP contribution in [0.5, 0.6) is 6.01 Å². The molecule has 2 N–H and O–H groups in total. The molecule has 1 atom stereocenters. The fraction of sp³-hybridized carbons (Fsp3) is 0.407. The van der Waals surface area contributed by atoms with Crippen molar-refractivity contribution in [3.05, 3.63) is 47.5 Å². The maximum absolute atomic E-state index is 11.5. The molecule has 1 amide bonds. The average Bonchev–Trinajstić information content (AvgIpc) is 3.33. The molecule has 0 saturated carbocycles. The standard InChI is InChI=1S/C27H31ClN6O2S/c1-3-22(35)29-11-12-30-25-20-15-21(28)23(19-10-4-7-17-8-6-14-37-24(17)19)31-26(20)33-27(32-25)36-16-18-9-5-13-34(18)2/h3-4,7,10,15,18H,1,5-6,8-9,11-14,16H2,2H3,(H,29,35)(H,30,31,32,33)/t18-/m0/s1. The van der Waals surface area contributed by atoms with Crippen molar-refractivity contribution in [3.63, 3.8) is 0 Å². The second-order valence-corrected chi connectivity index (χ2v) is 10.8. The summed E-state index contributed by atoms with van der Waals surface area (Å²) >= 11 is 8.67. The summed E-state index contributed by atoms with van der Waals surface area (Å²) in [5.41, 5.74) is 3.59. The van der Waals surface area contributed by atoms with Crippen LogP contribution in [-0.4, -0.2) is 70.8 Å². The third kappa shape index (κ3) is 5.84. The fourth-order valence-electron chi connectivity index (χ4n) is 4.77. The Balaban J connectivity index is 1.49. The number of ether oxygens (including phenoxy) is 1. The molecule has 3 aromatic rings. The van der Waals surface area contributed by atoms with Gasteiger partial charge in [0.2, 0.25) is 5.91 Å². The number of rotatable bonds is 9. The number of carbonyl (C=O) groups is 1. The predicted octanol–water partition coefficient (Wildman–Crippen LogP) is 4.57. The summed E-state index contributed by atoms with van der Waals surface area (Å²) in [4.78, 5) is 29.3. The lowest BCUT2D eigenvalue weighted by Gasteiger charge is -2.20. The van der Waals surface area contributed by atoms with Crippen molar-refractivity contribution in [3.8, 4) is 17.3 Å². The molecule has 2 aliphatic heterocycles. The fourth-order valence-corrected chi connectivity index (χ4v) is 6.19. The number of halogens is 1. The minimum atomic E-state index is -0.225. The SMILES string of the molecule is C=CC(=O)NCCNc1nc(OC[C@@H]2CCCN2C)nc2nc(-c3cccc4c3SCCC4)c(Cl)cc12. The topological polar surface area (TPSA) is 92.3 Å². The van der Waals surface area contributed by atoms with Crippen LogP contribution in [0.25, 0.3) is 22.3 Å². The first-order valence-electron chi connectivity index (χ1n) is 12.6. The van der Waals surface area contributed by atoms with E-state index in [1.54, 1.807) is 0 Å². The maximum Gasteiger partial charge on any atom is 0.320 e. The van der Waals surface area contributed by atoms with Gasteiger partial charge in [-0.1, -0.05) is 36.4 Å². The number of likely N-dealkylation sites (N-methyl/N-ethyl adjacent to an activating group) is 1. The van der Waals surface area contributed by atoms with E-state index in [2.05, 4.69) is 57.3 Å². The molecule has 10 heteroatoms. The molecule has 1 saturated heterocycles. The summed E-state index contributed by atoms with van der Waals surface area (Å²) in [7, 11) is 2.11. The third-order valence-corrected chi connectivity index (χ3v) is 8.34. The zero-order valence-corrected chi connectivity index (χ0v) is 22.5. The van der Waals surface area contributed by atoms with E-state index in [4.69, 9.17) is 21.3 Å². The van der Waals surface area contributed by atoms with Gasteiger partial charge in [-0.05, 0) is 62.7 Å². The van der Waals surface area contributed by atoms with Crippen molar-refractivity contribution in [2.75, 3.05) is 44.4 Å². The van der Waals surface area contributed by atoms with Gasteiger partial charge in [-0.25, -0.2) is 4.98 Å². The highest BCUT2D eigenvalue weighted by molar-refractivity contribution is 7.99. The van der Waals surface area contributed by atoms with Crippen LogP contribution >= 0.6 is 23.4 Å². The zero-order valence-electron chi connectivity index (χ0n) is 20.9. The number of aromatic nitrogens is 3. The van der Waals surface area contributed by atoms with Crippen LogP contribution in [0, 0.1) is 0 Å². The minimum absolute atomic E-state index is 0.225. The van der Waals surface area contributed by atoms with Gasteiger partial charge in [-0.3, -0.25) is 4.79 Å². The van der Waals surface area contributed by atoms with Crippen LogP contribution < -0.4 is 15.4 Å². The zero-order chi connectivity index (χ0) is 25.8. The highest BCUT2D eigenvalue weighted by Crippen LogP contribution is 2.41. The van der Waals surface area contributed by atoms with Crippen molar-refractivity contribution >= 4 is 46.1 Å². The number of hydrogen-bond acceptors (Lipinski definition) is 8. The first-order chi connectivity index (χ1) is 18.0. The summed E-state index contributed by atoms with van der Waals surface area (Å²) in [5, 5.41) is 7.29. The molecule has 2 aliphatic rings. The van der Waals surface area contributed by atoms with E-state index in [0.717, 1.165) is 37.1 Å². The van der Waals surface area contributed by atoms with Gasteiger partial charge in [0.05, 0.1) is 16.1 Å². The smallest absolute Gasteiger partial charge is 0.320 e. The van der Waals surface area contributed by atoms with E-state index in [9.17, 15) is 4.79 Å². The minimum Gasteiger partial charge on any atom is -0.462 e. The number of benzene rings is 1. The monoisotopic (exact) mass is 538 g/mol. The molecule has 0 spiro atoms. The van der Waals surface area contributed by atoms with Gasteiger partial charge < -0.3 is 20.3 Å². The molecule has 5 rings (SSSR count). The second kappa shape index (κ2) is 11.7. The van der Waals surface area contributed by atoms with E-state index in [1.807, 2.05) is 17.8 Å². The van der Waals surface area contributed by atoms with E-state index < -0.39 is 0 Å². The van der Waals surface area contributed by atoms with Crippen molar-refractivity contribution in [2.24, 2.45) is 0 Å². The van der Waals surface area contributed by atoms with E-state index in [-0.39, 0.29) is 11.9 Å². The Morgan fingerprint density at radius 2 is 2.19 bits per heavy atom. The number of nitrogens with one attached hydrogen (secondary N) is 2. The van der Waals surface area contributed by atoms with Crippen LogP contribution in [0.1, 0.15) is 24.8 Å². The first-order valence-corrected chi connectivity index (χ1v) is 14.0. The molecule has 1 aromatic carbocycles. The van der Waals surface area contributed by atoms with E-state index in [1.165, 1.54) is 23.0 Å². The van der Waals surface area contributed by atoms with Crippen molar-refractivity contribution in [1.82, 2.24) is 25.2 Å². The molecule has 37 heavy (non-hydrogen) atoms. The summed E-state index contributed by atoms with van der Waals surface area (Å²) < 4.78 is 6.07. The van der Waals surface area contributed by atoms with E-state index in [0.29, 0.717) is 53.3 Å². The molecular weight excluding hydrogens is 508 g/mol. The van der Waals surface area contributed by atoms with E-state index >= 15 is 0 Å². The lowest BCUT2D eigenvalue weighted by atomic mass is 10.0. The molecule has 8 nitrogen and oxygen atoms in total. The van der Waals surface area contributed by atoms with Crippen LogP contribution in [-0.2, 0) is 11.2 Å². The molecule has 4 heterocycles. The summed E-state index contributed by atoms with van der Waals surface area (Å²) in [6.07, 6.45) is 5.74. The number of anilines is 1. The first kappa shape index (κ1) is 25.8. The second-order valence-electron chi connectivity index (χ2n) is 9.30. The Hall–Kier alpha value is -2.88. The molecule has 0 radical (unpaired) electrons. The largest absolute Gasteiger partial charge is 0.462 e. The van der Waals surface area contributed by atoms with Crippen LogP contribution in [0.2, 0.25) is 5.02 Å². The van der Waals surface area contributed by atoms with Crippen molar-refractivity contribution in [2.45, 2.75) is 36.6 Å². The predicted molar refractivity (Wildman–Crippen MR) is 150 cm³/mol. The van der Waals surface area contributed by atoms with Crippen LogP contribution in [0.3, 0.4) is 0 Å². The van der Waals surface area contributed by atoms with Gasteiger partial charge in [0.15, 0.2) is 5.65 Å². The number of likely N-dealkylation sites (tertiary alicyclic amines) is 1. The Kier molecular flexibility index (Phi) is 8.12. The number of aryl methyl sites for hydroxylation is 1. The number of amides is 1. The number of thioether (sulfide) groups is 1. The number of pyridine rings is 1. The number of nitrogens with zero attached hydrogens (tertiary/aromatic N) is 4. The molecule has 194 valence electrons. The number of hydrogen-bond donors (Lipinski definition) is 2. The lowest BCUT2D eigenvalue weighted by molar-refractivity contribution is -0.116. The van der Waals surface area contributed by atoms with Gasteiger partial charge in [-0.15, -0.1) is 11.8 Å². The Labute approximate surface area is 226 Å². The van der Waals surface area contributed by atoms with Gasteiger partial charge >= 0.3 is 6.01 Å². The molecule has 2 aromatic heterocycles. The van der Waals surface area contributed by atoms with Crippen LogP contribution in [0.15, 0.2) is 41.8 Å². The summed E-state index contributed by atoms with van der Waals surface area (Å²) in [6.45, 7) is 5.93. The van der Waals surface area contributed by atoms with Crippen LogP contribution in [0.4, 0.5) is 5.82 Å².